The van der Waals surface area contributed by atoms with Gasteiger partial charge in [0.1, 0.15) is 5.75 Å². The number of carbonyl (C=O) groups excluding carboxylic acids is 1. The van der Waals surface area contributed by atoms with Crippen molar-refractivity contribution in [3.63, 3.8) is 0 Å². The zero-order chi connectivity index (χ0) is 26.4. The molecule has 0 aliphatic carbocycles. The number of nitrogens with two attached hydrogens (primary N) is 1. The number of nitrogens with one attached hydrogen (secondary N) is 2. The monoisotopic (exact) mass is 572 g/mol. The zero-order valence-corrected chi connectivity index (χ0v) is 22.3. The molecular weight excluding hydrogens is 540 g/mol. The number of nitrogen functional groups attached to an aromatic ring is 1. The number of benzene rings is 3. The number of rotatable bonds is 10. The van der Waals surface area contributed by atoms with Gasteiger partial charge in [0, 0.05) is 23.2 Å². The number of aliphatic hydroxyl groups excluding tert-OH is 1. The molecule has 0 spiro atoms. The number of anilines is 1. The zero-order valence-electron chi connectivity index (χ0n) is 20.7. The van der Waals surface area contributed by atoms with Gasteiger partial charge in [0.2, 0.25) is 10.0 Å². The van der Waals surface area contributed by atoms with Crippen LogP contribution < -0.4 is 20.7 Å². The summed E-state index contributed by atoms with van der Waals surface area (Å²) in [6.07, 6.45) is 2.57. The number of hydrogen-bond acceptors (Lipinski definition) is 7. The van der Waals surface area contributed by atoms with Crippen molar-refractivity contribution in [1.29, 1.82) is 0 Å². The van der Waals surface area contributed by atoms with Gasteiger partial charge in [-0.3, -0.25) is 14.9 Å². The first-order valence-corrected chi connectivity index (χ1v) is 13.5. The van der Waals surface area contributed by atoms with E-state index in [4.69, 9.17) is 15.7 Å². The first-order chi connectivity index (χ1) is 17.8. The van der Waals surface area contributed by atoms with Crippen LogP contribution in [-0.2, 0) is 10.0 Å². The van der Waals surface area contributed by atoms with E-state index in [1.807, 2.05) is 48.5 Å². The van der Waals surface area contributed by atoms with Crippen LogP contribution in [0.1, 0.15) is 30.6 Å². The van der Waals surface area contributed by atoms with Crippen molar-refractivity contribution in [3.05, 3.63) is 78.4 Å². The molecule has 0 atom stereocenters. The van der Waals surface area contributed by atoms with Crippen LogP contribution >= 0.6 is 12.4 Å². The number of unbranched alkanes of at least 4 members (excludes halogenated alkanes) is 1. The second kappa shape index (κ2) is 13.9. The highest BCUT2D eigenvalue weighted by Gasteiger charge is 2.15. The van der Waals surface area contributed by atoms with Crippen molar-refractivity contribution in [2.75, 3.05) is 24.2 Å². The summed E-state index contributed by atoms with van der Waals surface area (Å²) in [4.78, 5) is 17.2. The van der Waals surface area contributed by atoms with Crippen LogP contribution in [0.5, 0.6) is 5.75 Å². The molecule has 1 heterocycles. The largest absolute Gasteiger partial charge is 0.494 e. The Morgan fingerprint density at radius 1 is 0.949 bits per heavy atom. The van der Waals surface area contributed by atoms with Crippen molar-refractivity contribution < 1.29 is 23.1 Å². The van der Waals surface area contributed by atoms with Crippen LogP contribution in [0.25, 0.3) is 33.3 Å². The Hall–Kier alpha value is -3.70. The molecule has 4 aromatic rings. The molecule has 0 aliphatic rings. The molecule has 0 aliphatic heterocycles. The third-order valence-electron chi connectivity index (χ3n) is 5.68. The number of ether oxygens (including phenoxy) is 1. The van der Waals surface area contributed by atoms with Crippen molar-refractivity contribution in [2.24, 2.45) is 5.84 Å². The van der Waals surface area contributed by atoms with Gasteiger partial charge in [-0.2, -0.15) is 0 Å². The predicted molar refractivity (Wildman–Crippen MR) is 159 cm³/mol. The number of hydrogen-bond donors (Lipinski definition) is 4. The number of hydrazine groups is 1. The van der Waals surface area contributed by atoms with E-state index in [1.54, 1.807) is 24.3 Å². The van der Waals surface area contributed by atoms with Gasteiger partial charge in [-0.05, 0) is 60.4 Å². The van der Waals surface area contributed by atoms with Gasteiger partial charge in [0.15, 0.2) is 0 Å². The van der Waals surface area contributed by atoms with Crippen LogP contribution in [0.3, 0.4) is 0 Å². The number of amides is 1. The summed E-state index contributed by atoms with van der Waals surface area (Å²) in [5, 5.41) is 9.32. The van der Waals surface area contributed by atoms with Crippen molar-refractivity contribution >= 4 is 44.9 Å². The van der Waals surface area contributed by atoms with E-state index in [0.717, 1.165) is 41.5 Å². The Balaban J connectivity index is 0.00000267. The average molecular weight is 573 g/mol. The van der Waals surface area contributed by atoms with Gasteiger partial charge in [-0.1, -0.05) is 43.8 Å². The summed E-state index contributed by atoms with van der Waals surface area (Å²) in [7, 11) is -3.48. The molecule has 39 heavy (non-hydrogen) atoms. The predicted octanol–water partition coefficient (Wildman–Crippen LogP) is 4.75. The number of nitrogens with zero attached hydrogens (tertiary/aromatic N) is 1. The van der Waals surface area contributed by atoms with Gasteiger partial charge in [0.25, 0.3) is 5.91 Å². The molecule has 1 amide bonds. The lowest BCUT2D eigenvalue weighted by molar-refractivity contribution is 0.0955. The van der Waals surface area contributed by atoms with Crippen LogP contribution in [0.4, 0.5) is 5.69 Å². The molecule has 4 rings (SSSR count). The maximum atomic E-state index is 12.5. The minimum atomic E-state index is -3.48. The Morgan fingerprint density at radius 3 is 2.15 bits per heavy atom. The highest BCUT2D eigenvalue weighted by molar-refractivity contribution is 7.92. The van der Waals surface area contributed by atoms with E-state index in [0.29, 0.717) is 28.9 Å². The number of sulfonamides is 1. The molecule has 0 fully saturated rings. The van der Waals surface area contributed by atoms with Crippen LogP contribution in [0, 0.1) is 0 Å². The van der Waals surface area contributed by atoms with E-state index in [9.17, 15) is 13.2 Å². The molecule has 9 nitrogen and oxygen atoms in total. The van der Waals surface area contributed by atoms with Gasteiger partial charge in [0.05, 0.1) is 29.6 Å². The van der Waals surface area contributed by atoms with E-state index in [2.05, 4.69) is 15.1 Å². The highest BCUT2D eigenvalue weighted by Crippen LogP contribution is 2.29. The van der Waals surface area contributed by atoms with Crippen LogP contribution in [0.2, 0.25) is 0 Å². The molecule has 3 aromatic carbocycles. The number of carbonyl (C=O) groups is 1. The fourth-order valence-electron chi connectivity index (χ4n) is 3.90. The third kappa shape index (κ3) is 8.14. The normalized spacial score (nSPS) is 10.7. The molecule has 5 N–H and O–H groups in total. The molecule has 0 saturated carbocycles. The lowest BCUT2D eigenvalue weighted by Gasteiger charge is -2.12. The standard InChI is InChI=1S/C27H28N4O5S.CH4.ClH/c1-37(34,35)31-21-10-13-25-23(16-21)24(27(33)30-28)17-26(29-25)20-6-4-18(5-7-20)19-8-11-22(12-9-19)36-15-3-2-14-32;;/h4-13,16-17,31-32H,2-3,14-15,28H2,1H3,(H,30,33);1H4;1H. The molecule has 1 aromatic heterocycles. The number of pyridine rings is 1. The van der Waals surface area contributed by atoms with Crippen molar-refractivity contribution in [3.8, 4) is 28.1 Å². The lowest BCUT2D eigenvalue weighted by atomic mass is 10.00. The lowest BCUT2D eigenvalue weighted by Crippen LogP contribution is -2.30. The second-order valence-corrected chi connectivity index (χ2v) is 10.3. The smallest absolute Gasteiger partial charge is 0.265 e. The topological polar surface area (TPSA) is 144 Å². The van der Waals surface area contributed by atoms with Crippen LogP contribution in [0.15, 0.2) is 72.8 Å². The molecule has 0 unspecified atom stereocenters. The average Bonchev–Trinajstić information content (AvgIpc) is 2.89. The van der Waals surface area contributed by atoms with Crippen LogP contribution in [-0.4, -0.2) is 43.9 Å². The summed E-state index contributed by atoms with van der Waals surface area (Å²) < 4.78 is 31.3. The summed E-state index contributed by atoms with van der Waals surface area (Å²) in [6.45, 7) is 0.728. The molecule has 208 valence electrons. The summed E-state index contributed by atoms with van der Waals surface area (Å²) in [5.41, 5.74) is 6.68. The SMILES string of the molecule is C.CS(=O)(=O)Nc1ccc2nc(-c3ccc(-c4ccc(OCCCCO)cc4)cc3)cc(C(=O)NN)c2c1.Cl. The van der Waals surface area contributed by atoms with Gasteiger partial charge in [-0.15, -0.1) is 12.4 Å². The Morgan fingerprint density at radius 2 is 1.56 bits per heavy atom. The van der Waals surface area contributed by atoms with E-state index in [-0.39, 0.29) is 32.0 Å². The fourth-order valence-corrected chi connectivity index (χ4v) is 4.45. The molecule has 0 bridgehead atoms. The molecule has 0 saturated heterocycles. The quantitative estimate of drug-likeness (QED) is 0.0928. The molecule has 11 heteroatoms. The van der Waals surface area contributed by atoms with E-state index in [1.165, 1.54) is 0 Å². The molecule has 0 radical (unpaired) electrons. The summed E-state index contributed by atoms with van der Waals surface area (Å²) >= 11 is 0. The second-order valence-electron chi connectivity index (χ2n) is 8.52. The van der Waals surface area contributed by atoms with Gasteiger partial charge >= 0.3 is 0 Å². The first-order valence-electron chi connectivity index (χ1n) is 11.7. The van der Waals surface area contributed by atoms with Crippen molar-refractivity contribution in [2.45, 2.75) is 20.3 Å². The fraction of sp³-hybridized carbons (Fsp3) is 0.214. The number of halogens is 1. The molecular formula is C28H33ClN4O5S. The minimum Gasteiger partial charge on any atom is -0.494 e. The summed E-state index contributed by atoms with van der Waals surface area (Å²) in [6, 6.07) is 22.0. The Labute approximate surface area is 234 Å². The number of aliphatic hydroxyl groups is 1. The Kier molecular flexibility index (Phi) is 11.2. The van der Waals surface area contributed by atoms with Gasteiger partial charge < -0.3 is 9.84 Å². The maximum absolute atomic E-state index is 12.5. The number of aromatic nitrogens is 1. The highest BCUT2D eigenvalue weighted by atomic mass is 35.5. The minimum absolute atomic E-state index is 0. The van der Waals surface area contributed by atoms with E-state index < -0.39 is 15.9 Å². The van der Waals surface area contributed by atoms with Crippen molar-refractivity contribution in [1.82, 2.24) is 10.4 Å². The van der Waals surface area contributed by atoms with E-state index >= 15 is 0 Å². The maximum Gasteiger partial charge on any atom is 0.265 e. The van der Waals surface area contributed by atoms with Gasteiger partial charge in [-0.25, -0.2) is 19.2 Å². The number of fused-ring (bicyclic) bond motifs is 1. The summed E-state index contributed by atoms with van der Waals surface area (Å²) in [5.74, 6) is 5.67. The first kappa shape index (κ1) is 31.5. The Bertz CT molecular complexity index is 1510. The third-order valence-corrected chi connectivity index (χ3v) is 6.28.